The molecule has 0 saturated heterocycles. The van der Waals surface area contributed by atoms with Crippen molar-refractivity contribution in [1.29, 1.82) is 0 Å². The Kier molecular flexibility index (Phi) is 4.07. The van der Waals surface area contributed by atoms with Gasteiger partial charge in [-0.15, -0.1) is 0 Å². The fourth-order valence-corrected chi connectivity index (χ4v) is 7.65. The molecule has 0 aromatic rings. The van der Waals surface area contributed by atoms with Gasteiger partial charge in [0.05, 0.1) is 11.5 Å². The van der Waals surface area contributed by atoms with Crippen molar-refractivity contribution < 1.29 is 29.3 Å². The standard InChI is InChI=1S/C22H30O6/c1-10-12-8-13(24)16-21(5)7-6-14(28-11(2)23)20(3,4)17(21)15(25)19(27)22(16,9-12)18(10)26/h12-14,16-17,19,24,27H,1,6-9H2,2-5H3. The predicted octanol–water partition coefficient (Wildman–Crippen LogP) is 1.82. The molecule has 8 unspecified atom stereocenters. The van der Waals surface area contributed by atoms with E-state index in [0.29, 0.717) is 31.3 Å². The zero-order chi connectivity index (χ0) is 20.8. The molecular weight excluding hydrogens is 360 g/mol. The summed E-state index contributed by atoms with van der Waals surface area (Å²) in [5.41, 5.74) is -2.22. The quantitative estimate of drug-likeness (QED) is 0.523. The van der Waals surface area contributed by atoms with Crippen LogP contribution >= 0.6 is 0 Å². The zero-order valence-electron chi connectivity index (χ0n) is 17.0. The van der Waals surface area contributed by atoms with Crippen LogP contribution in [0.25, 0.3) is 0 Å². The van der Waals surface area contributed by atoms with Crippen LogP contribution in [-0.4, -0.2) is 46.1 Å². The van der Waals surface area contributed by atoms with Gasteiger partial charge in [-0.25, -0.2) is 0 Å². The first-order chi connectivity index (χ1) is 12.9. The van der Waals surface area contributed by atoms with E-state index in [-0.39, 0.29) is 17.5 Å². The van der Waals surface area contributed by atoms with E-state index in [2.05, 4.69) is 6.58 Å². The maximum Gasteiger partial charge on any atom is 0.302 e. The second kappa shape index (κ2) is 5.76. The highest BCUT2D eigenvalue weighted by atomic mass is 16.5. The largest absolute Gasteiger partial charge is 0.462 e. The predicted molar refractivity (Wildman–Crippen MR) is 100.0 cm³/mol. The van der Waals surface area contributed by atoms with Crippen molar-refractivity contribution in [3.05, 3.63) is 12.2 Å². The van der Waals surface area contributed by atoms with Crippen LogP contribution in [0.5, 0.6) is 0 Å². The normalized spacial score (nSPS) is 49.4. The monoisotopic (exact) mass is 390 g/mol. The van der Waals surface area contributed by atoms with Crippen LogP contribution in [0.4, 0.5) is 0 Å². The first-order valence-corrected chi connectivity index (χ1v) is 10.2. The summed E-state index contributed by atoms with van der Waals surface area (Å²) in [6, 6.07) is 0. The Morgan fingerprint density at radius 3 is 2.46 bits per heavy atom. The molecule has 4 fully saturated rings. The highest BCUT2D eigenvalue weighted by Crippen LogP contribution is 2.70. The van der Waals surface area contributed by atoms with Crippen LogP contribution in [0.3, 0.4) is 0 Å². The lowest BCUT2D eigenvalue weighted by Gasteiger charge is -2.65. The number of carbonyl (C=O) groups excluding carboxylic acids is 3. The van der Waals surface area contributed by atoms with Crippen LogP contribution in [0, 0.1) is 34.0 Å². The van der Waals surface area contributed by atoms with Crippen LogP contribution < -0.4 is 0 Å². The third-order valence-electron chi connectivity index (χ3n) is 8.50. The summed E-state index contributed by atoms with van der Waals surface area (Å²) in [6.07, 6.45) is -0.764. The van der Waals surface area contributed by atoms with E-state index in [1.54, 1.807) is 0 Å². The van der Waals surface area contributed by atoms with E-state index in [4.69, 9.17) is 4.74 Å². The maximum atomic E-state index is 13.6. The van der Waals surface area contributed by atoms with Gasteiger partial charge < -0.3 is 14.9 Å². The maximum absolute atomic E-state index is 13.6. The number of esters is 1. The Morgan fingerprint density at radius 2 is 1.86 bits per heavy atom. The van der Waals surface area contributed by atoms with E-state index < -0.39 is 52.4 Å². The number of ether oxygens (including phenoxy) is 1. The number of hydrogen-bond acceptors (Lipinski definition) is 6. The van der Waals surface area contributed by atoms with Gasteiger partial charge in [0.15, 0.2) is 11.6 Å². The molecule has 0 aliphatic heterocycles. The molecule has 4 aliphatic rings. The lowest BCUT2D eigenvalue weighted by atomic mass is 9.39. The smallest absolute Gasteiger partial charge is 0.302 e. The molecule has 2 N–H and O–H groups in total. The summed E-state index contributed by atoms with van der Waals surface area (Å²) >= 11 is 0. The topological polar surface area (TPSA) is 101 Å². The Balaban J connectivity index is 1.86. The minimum atomic E-state index is -1.46. The fraction of sp³-hybridized carbons (Fsp3) is 0.773. The summed E-state index contributed by atoms with van der Waals surface area (Å²) in [5, 5.41) is 22.3. The average molecular weight is 390 g/mol. The molecule has 4 aliphatic carbocycles. The first-order valence-electron chi connectivity index (χ1n) is 10.2. The van der Waals surface area contributed by atoms with E-state index in [1.807, 2.05) is 20.8 Å². The fourth-order valence-electron chi connectivity index (χ4n) is 7.65. The molecule has 1 spiro atoms. The van der Waals surface area contributed by atoms with Gasteiger partial charge in [-0.1, -0.05) is 27.4 Å². The molecule has 28 heavy (non-hydrogen) atoms. The Hall–Kier alpha value is -1.53. The molecule has 0 amide bonds. The third kappa shape index (κ3) is 2.13. The van der Waals surface area contributed by atoms with Gasteiger partial charge in [0, 0.05) is 24.2 Å². The first kappa shape index (κ1) is 19.8. The van der Waals surface area contributed by atoms with Crippen molar-refractivity contribution in [3.8, 4) is 0 Å². The number of ketones is 2. The highest BCUT2D eigenvalue weighted by molar-refractivity contribution is 6.08. The molecule has 6 nitrogen and oxygen atoms in total. The molecule has 6 heteroatoms. The molecule has 8 atom stereocenters. The van der Waals surface area contributed by atoms with Crippen LogP contribution in [0.2, 0.25) is 0 Å². The van der Waals surface area contributed by atoms with Gasteiger partial charge in [-0.3, -0.25) is 14.4 Å². The van der Waals surface area contributed by atoms with Crippen molar-refractivity contribution in [2.45, 2.75) is 71.7 Å². The minimum absolute atomic E-state index is 0.174. The zero-order valence-corrected chi connectivity index (χ0v) is 17.0. The molecule has 0 aromatic heterocycles. The molecule has 0 radical (unpaired) electrons. The number of fused-ring (bicyclic) bond motifs is 3. The number of hydrogen-bond donors (Lipinski definition) is 2. The van der Waals surface area contributed by atoms with Crippen molar-refractivity contribution in [2.24, 2.45) is 34.0 Å². The van der Waals surface area contributed by atoms with Gasteiger partial charge in [0.25, 0.3) is 0 Å². The number of carbonyl (C=O) groups is 3. The van der Waals surface area contributed by atoms with Gasteiger partial charge in [0.2, 0.25) is 0 Å². The highest BCUT2D eigenvalue weighted by Gasteiger charge is 2.75. The van der Waals surface area contributed by atoms with Crippen LogP contribution in [-0.2, 0) is 19.1 Å². The van der Waals surface area contributed by atoms with E-state index in [9.17, 15) is 24.6 Å². The molecule has 2 bridgehead atoms. The summed E-state index contributed by atoms with van der Waals surface area (Å²) in [7, 11) is 0. The number of allylic oxidation sites excluding steroid dienone is 1. The van der Waals surface area contributed by atoms with Crippen LogP contribution in [0.15, 0.2) is 12.2 Å². The second-order valence-electron chi connectivity index (χ2n) is 10.3. The van der Waals surface area contributed by atoms with Crippen molar-refractivity contribution >= 4 is 17.5 Å². The number of Topliss-reactive ketones (excluding diaryl/α,β-unsaturated/α-hetero) is 2. The SMILES string of the molecule is C=C1C(=O)C23CC1CC(O)C2C1(C)CCC(OC(C)=O)C(C)(C)C1C(=O)C3O. The van der Waals surface area contributed by atoms with Gasteiger partial charge >= 0.3 is 5.97 Å². The van der Waals surface area contributed by atoms with Gasteiger partial charge in [-0.2, -0.15) is 0 Å². The van der Waals surface area contributed by atoms with Crippen molar-refractivity contribution in [3.63, 3.8) is 0 Å². The minimum Gasteiger partial charge on any atom is -0.462 e. The van der Waals surface area contributed by atoms with Gasteiger partial charge in [-0.05, 0) is 42.6 Å². The second-order valence-corrected chi connectivity index (χ2v) is 10.3. The van der Waals surface area contributed by atoms with E-state index >= 15 is 0 Å². The summed E-state index contributed by atoms with van der Waals surface area (Å²) in [6.45, 7) is 11.0. The lowest BCUT2D eigenvalue weighted by Crippen LogP contribution is -2.71. The summed E-state index contributed by atoms with van der Waals surface area (Å²) < 4.78 is 5.53. The molecule has 154 valence electrons. The van der Waals surface area contributed by atoms with E-state index in [0.717, 1.165) is 0 Å². The lowest BCUT2D eigenvalue weighted by molar-refractivity contribution is -0.231. The summed E-state index contributed by atoms with van der Waals surface area (Å²) in [5.74, 6) is -2.32. The van der Waals surface area contributed by atoms with E-state index in [1.165, 1.54) is 6.92 Å². The Labute approximate surface area is 165 Å². The number of aliphatic hydroxyl groups excluding tert-OH is 2. The van der Waals surface area contributed by atoms with Crippen LogP contribution in [0.1, 0.15) is 53.4 Å². The van der Waals surface area contributed by atoms with Crippen molar-refractivity contribution in [1.82, 2.24) is 0 Å². The molecule has 4 saturated carbocycles. The van der Waals surface area contributed by atoms with Crippen molar-refractivity contribution in [2.75, 3.05) is 0 Å². The van der Waals surface area contributed by atoms with Gasteiger partial charge in [0.1, 0.15) is 12.2 Å². The molecule has 4 rings (SSSR count). The summed E-state index contributed by atoms with van der Waals surface area (Å²) in [4.78, 5) is 38.4. The third-order valence-corrected chi connectivity index (χ3v) is 8.50. The molecule has 0 heterocycles. The number of rotatable bonds is 1. The Bertz CT molecular complexity index is 784. The average Bonchev–Trinajstić information content (AvgIpc) is 2.77. The number of aliphatic hydroxyl groups is 2. The molecular formula is C22H30O6. The molecule has 0 aromatic carbocycles. The Morgan fingerprint density at radius 1 is 1.21 bits per heavy atom.